The van der Waals surface area contributed by atoms with Crippen molar-refractivity contribution in [3.8, 4) is 0 Å². The van der Waals surface area contributed by atoms with E-state index in [0.717, 1.165) is 32.0 Å². The Morgan fingerprint density at radius 3 is 2.62 bits per heavy atom. The van der Waals surface area contributed by atoms with Crippen LogP contribution in [0.1, 0.15) is 19.3 Å². The van der Waals surface area contributed by atoms with Gasteiger partial charge < -0.3 is 10.6 Å². The standard InChI is InChI=1S/C9H18F2N2/c10-9(11)7-13-6-3-8-1-4-12-5-2-8/h8-9,12-13H,1-7H2. The monoisotopic (exact) mass is 192 g/mol. The van der Waals surface area contributed by atoms with Gasteiger partial charge in [-0.1, -0.05) is 0 Å². The Kier molecular flexibility index (Phi) is 5.23. The molecule has 1 rings (SSSR count). The van der Waals surface area contributed by atoms with Gasteiger partial charge in [0.15, 0.2) is 0 Å². The highest BCUT2D eigenvalue weighted by Gasteiger charge is 2.12. The van der Waals surface area contributed by atoms with E-state index in [0.29, 0.717) is 0 Å². The summed E-state index contributed by atoms with van der Waals surface area (Å²) in [6, 6.07) is 0. The molecule has 0 saturated carbocycles. The van der Waals surface area contributed by atoms with Gasteiger partial charge in [-0.05, 0) is 44.8 Å². The van der Waals surface area contributed by atoms with Crippen LogP contribution in [0.15, 0.2) is 0 Å². The summed E-state index contributed by atoms with van der Waals surface area (Å²) in [4.78, 5) is 0. The van der Waals surface area contributed by atoms with Crippen molar-refractivity contribution in [2.45, 2.75) is 25.7 Å². The van der Waals surface area contributed by atoms with Gasteiger partial charge in [-0.25, -0.2) is 8.78 Å². The van der Waals surface area contributed by atoms with Crippen LogP contribution in [0.3, 0.4) is 0 Å². The largest absolute Gasteiger partial charge is 0.317 e. The molecule has 0 atom stereocenters. The Hall–Kier alpha value is -0.220. The summed E-state index contributed by atoms with van der Waals surface area (Å²) in [6.07, 6.45) is 1.20. The van der Waals surface area contributed by atoms with Gasteiger partial charge in [0.2, 0.25) is 0 Å². The molecule has 4 heteroatoms. The number of alkyl halides is 2. The number of hydrogen-bond donors (Lipinski definition) is 2. The normalized spacial score (nSPS) is 19.6. The van der Waals surface area contributed by atoms with Crippen molar-refractivity contribution in [1.82, 2.24) is 10.6 Å². The average Bonchev–Trinajstić information content (AvgIpc) is 2.14. The lowest BCUT2D eigenvalue weighted by atomic mass is 9.95. The molecule has 1 fully saturated rings. The zero-order chi connectivity index (χ0) is 9.52. The van der Waals surface area contributed by atoms with E-state index in [2.05, 4.69) is 10.6 Å². The van der Waals surface area contributed by atoms with Crippen LogP contribution in [-0.2, 0) is 0 Å². The van der Waals surface area contributed by atoms with E-state index in [1.54, 1.807) is 0 Å². The van der Waals surface area contributed by atoms with Crippen molar-refractivity contribution in [2.24, 2.45) is 5.92 Å². The first-order chi connectivity index (χ1) is 6.29. The minimum atomic E-state index is -2.21. The number of rotatable bonds is 5. The van der Waals surface area contributed by atoms with Gasteiger partial charge >= 0.3 is 0 Å². The molecule has 0 radical (unpaired) electrons. The fraction of sp³-hybridized carbons (Fsp3) is 1.00. The minimum Gasteiger partial charge on any atom is -0.317 e. The van der Waals surface area contributed by atoms with Crippen LogP contribution in [0.4, 0.5) is 8.78 Å². The Balaban J connectivity index is 1.92. The molecule has 0 aliphatic carbocycles. The molecule has 78 valence electrons. The lowest BCUT2D eigenvalue weighted by Crippen LogP contribution is -2.30. The second-order valence-corrected chi connectivity index (χ2v) is 3.58. The molecule has 2 nitrogen and oxygen atoms in total. The molecule has 2 N–H and O–H groups in total. The zero-order valence-electron chi connectivity index (χ0n) is 7.86. The zero-order valence-corrected chi connectivity index (χ0v) is 7.86. The molecule has 0 spiro atoms. The molecule has 0 aromatic carbocycles. The first-order valence-electron chi connectivity index (χ1n) is 4.98. The summed E-state index contributed by atoms with van der Waals surface area (Å²) in [7, 11) is 0. The topological polar surface area (TPSA) is 24.1 Å². The second kappa shape index (κ2) is 6.27. The summed E-state index contributed by atoms with van der Waals surface area (Å²) >= 11 is 0. The molecular weight excluding hydrogens is 174 g/mol. The van der Waals surface area contributed by atoms with Gasteiger partial charge in [0.05, 0.1) is 6.54 Å². The van der Waals surface area contributed by atoms with Crippen molar-refractivity contribution in [1.29, 1.82) is 0 Å². The fourth-order valence-electron chi connectivity index (χ4n) is 1.69. The second-order valence-electron chi connectivity index (χ2n) is 3.58. The predicted octanol–water partition coefficient (Wildman–Crippen LogP) is 1.23. The molecule has 0 aromatic heterocycles. The van der Waals surface area contributed by atoms with E-state index in [9.17, 15) is 8.78 Å². The first-order valence-corrected chi connectivity index (χ1v) is 4.98. The molecule has 1 heterocycles. The van der Waals surface area contributed by atoms with Crippen molar-refractivity contribution in [3.05, 3.63) is 0 Å². The van der Waals surface area contributed by atoms with Gasteiger partial charge in [-0.15, -0.1) is 0 Å². The number of halogens is 2. The Morgan fingerprint density at radius 2 is 2.00 bits per heavy atom. The predicted molar refractivity (Wildman–Crippen MR) is 49.1 cm³/mol. The lowest BCUT2D eigenvalue weighted by Gasteiger charge is -2.22. The Morgan fingerprint density at radius 1 is 1.31 bits per heavy atom. The van der Waals surface area contributed by atoms with Crippen molar-refractivity contribution in [3.63, 3.8) is 0 Å². The number of piperidine rings is 1. The maximum absolute atomic E-state index is 11.7. The van der Waals surface area contributed by atoms with Crippen LogP contribution in [0.25, 0.3) is 0 Å². The molecule has 1 aliphatic rings. The third-order valence-electron chi connectivity index (χ3n) is 2.49. The van der Waals surface area contributed by atoms with Crippen LogP contribution in [-0.4, -0.2) is 32.6 Å². The summed E-state index contributed by atoms with van der Waals surface area (Å²) in [6.45, 7) is 2.74. The molecule has 13 heavy (non-hydrogen) atoms. The maximum Gasteiger partial charge on any atom is 0.250 e. The molecule has 0 bridgehead atoms. The van der Waals surface area contributed by atoms with Crippen LogP contribution in [0.2, 0.25) is 0 Å². The smallest absolute Gasteiger partial charge is 0.250 e. The summed E-state index contributed by atoms with van der Waals surface area (Å²) in [5.41, 5.74) is 0. The van der Waals surface area contributed by atoms with E-state index in [1.807, 2.05) is 0 Å². The molecule has 0 aromatic rings. The van der Waals surface area contributed by atoms with Crippen molar-refractivity contribution in [2.75, 3.05) is 26.2 Å². The maximum atomic E-state index is 11.7. The summed E-state index contributed by atoms with van der Waals surface area (Å²) in [5, 5.41) is 6.04. The Labute approximate surface area is 78.1 Å². The van der Waals surface area contributed by atoms with Gasteiger partial charge in [-0.2, -0.15) is 0 Å². The first kappa shape index (κ1) is 10.9. The lowest BCUT2D eigenvalue weighted by molar-refractivity contribution is 0.145. The number of hydrogen-bond acceptors (Lipinski definition) is 2. The number of nitrogens with one attached hydrogen (secondary N) is 2. The van der Waals surface area contributed by atoms with Crippen molar-refractivity contribution < 1.29 is 8.78 Å². The molecule has 1 aliphatic heterocycles. The van der Waals surface area contributed by atoms with Gasteiger partial charge in [0.25, 0.3) is 6.43 Å². The van der Waals surface area contributed by atoms with Crippen molar-refractivity contribution >= 4 is 0 Å². The van der Waals surface area contributed by atoms with Gasteiger partial charge in [0.1, 0.15) is 0 Å². The van der Waals surface area contributed by atoms with Crippen LogP contribution < -0.4 is 10.6 Å². The van der Waals surface area contributed by atoms with Crippen LogP contribution >= 0.6 is 0 Å². The third kappa shape index (κ3) is 5.16. The molecule has 1 saturated heterocycles. The SMILES string of the molecule is FC(F)CNCCC1CCNCC1. The van der Waals surface area contributed by atoms with E-state index in [1.165, 1.54) is 12.8 Å². The highest BCUT2D eigenvalue weighted by atomic mass is 19.3. The van der Waals surface area contributed by atoms with Crippen LogP contribution in [0.5, 0.6) is 0 Å². The average molecular weight is 192 g/mol. The quantitative estimate of drug-likeness (QED) is 0.640. The Bertz CT molecular complexity index is 125. The molecular formula is C9H18F2N2. The minimum absolute atomic E-state index is 0.162. The van der Waals surface area contributed by atoms with E-state index < -0.39 is 6.43 Å². The summed E-state index contributed by atoms with van der Waals surface area (Å²) in [5.74, 6) is 0.728. The molecule has 0 amide bonds. The van der Waals surface area contributed by atoms with Gasteiger partial charge in [-0.3, -0.25) is 0 Å². The van der Waals surface area contributed by atoms with E-state index >= 15 is 0 Å². The third-order valence-corrected chi connectivity index (χ3v) is 2.49. The van der Waals surface area contributed by atoms with E-state index in [4.69, 9.17) is 0 Å². The fourth-order valence-corrected chi connectivity index (χ4v) is 1.69. The summed E-state index contributed by atoms with van der Waals surface area (Å²) < 4.78 is 23.5. The van der Waals surface area contributed by atoms with Gasteiger partial charge in [0, 0.05) is 0 Å². The molecule has 0 unspecified atom stereocenters. The van der Waals surface area contributed by atoms with E-state index in [-0.39, 0.29) is 6.54 Å². The highest BCUT2D eigenvalue weighted by molar-refractivity contribution is 4.69. The highest BCUT2D eigenvalue weighted by Crippen LogP contribution is 2.14. The van der Waals surface area contributed by atoms with Crippen LogP contribution in [0, 0.1) is 5.92 Å².